The molecular formula is C7H6F5GeLi. The number of benzene rings is 1. The van der Waals surface area contributed by atoms with Gasteiger partial charge in [0.1, 0.15) is 0 Å². The summed E-state index contributed by atoms with van der Waals surface area (Å²) in [5.74, 6) is -9.23. The van der Waals surface area contributed by atoms with Crippen LogP contribution in [-0.4, -0.2) is 34.2 Å². The van der Waals surface area contributed by atoms with Gasteiger partial charge in [-0.25, -0.2) is 0 Å². The molecule has 0 aromatic heterocycles. The summed E-state index contributed by atoms with van der Waals surface area (Å²) in [6.07, 6.45) is 0. The van der Waals surface area contributed by atoms with Crippen LogP contribution in [0.3, 0.4) is 0 Å². The van der Waals surface area contributed by atoms with Crippen LogP contribution < -0.4 is 4.40 Å². The maximum absolute atomic E-state index is 12.5. The fraction of sp³-hybridized carbons (Fsp3) is 0.143. The molecule has 74 valence electrons. The fourth-order valence-electron chi connectivity index (χ4n) is 0.715. The molecule has 0 fully saturated rings. The van der Waals surface area contributed by atoms with Crippen LogP contribution >= 0.6 is 0 Å². The standard InChI is InChI=1S/C6H3F5Ge.CH3.Li/c7-1-2(8)4(10)6(12)5(11)3(1)9;;/h12H3;1H3;. The average molecular weight is 265 g/mol. The summed E-state index contributed by atoms with van der Waals surface area (Å²) in [5.41, 5.74) is 2.00. The molecule has 0 spiro atoms. The van der Waals surface area contributed by atoms with E-state index in [0.29, 0.717) is 0 Å². The van der Waals surface area contributed by atoms with E-state index in [2.05, 4.69) is 0 Å². The molecule has 0 nitrogen and oxygen atoms in total. The van der Waals surface area contributed by atoms with Crippen LogP contribution in [0.5, 0.6) is 0 Å². The summed E-state index contributed by atoms with van der Waals surface area (Å²) in [5, 5.41) is 0. The van der Waals surface area contributed by atoms with Crippen molar-refractivity contribution in [1.82, 2.24) is 0 Å². The molecule has 14 heavy (non-hydrogen) atoms. The Morgan fingerprint density at radius 2 is 0.929 bits per heavy atom. The Balaban J connectivity index is 0.000000791. The van der Waals surface area contributed by atoms with E-state index < -0.39 is 50.0 Å². The number of hydrogen-bond acceptors (Lipinski definition) is 0. The summed E-state index contributed by atoms with van der Waals surface area (Å²) >= 11 is 1.41. The topological polar surface area (TPSA) is 0 Å². The maximum atomic E-state index is 12.5. The Morgan fingerprint density at radius 3 is 1.21 bits per heavy atom. The summed E-state index contributed by atoms with van der Waals surface area (Å²) in [6.45, 7) is 0. The van der Waals surface area contributed by atoms with Gasteiger partial charge in [-0.2, -0.15) is 0 Å². The first-order valence-electron chi connectivity index (χ1n) is 3.94. The van der Waals surface area contributed by atoms with Crippen LogP contribution in [-0.2, 0) is 0 Å². The zero-order valence-electron chi connectivity index (χ0n) is 7.89. The molecule has 0 aliphatic carbocycles. The van der Waals surface area contributed by atoms with Crippen LogP contribution in [0.2, 0.25) is 5.60 Å². The molecule has 0 heterocycles. The molecule has 0 radical (unpaired) electrons. The predicted molar refractivity (Wildman–Crippen MR) is 47.4 cm³/mol. The van der Waals surface area contributed by atoms with Gasteiger partial charge in [0.15, 0.2) is 0 Å². The first kappa shape index (κ1) is 14.0. The van der Waals surface area contributed by atoms with Crippen molar-refractivity contribution in [2.75, 3.05) is 0 Å². The van der Waals surface area contributed by atoms with E-state index in [1.54, 1.807) is 0 Å². The van der Waals surface area contributed by atoms with Crippen molar-refractivity contribution in [3.05, 3.63) is 29.1 Å². The van der Waals surface area contributed by atoms with Crippen molar-refractivity contribution in [2.24, 2.45) is 0 Å². The van der Waals surface area contributed by atoms with Gasteiger partial charge in [0.2, 0.25) is 0 Å². The van der Waals surface area contributed by atoms with Gasteiger partial charge in [0, 0.05) is 0 Å². The Hall–Kier alpha value is 0.0103. The van der Waals surface area contributed by atoms with E-state index in [9.17, 15) is 22.0 Å². The SMILES string of the molecule is Fc1c(F)c(F)[c]([GeH3])c(F)c1F.[Li][CH3]. The molecule has 0 amide bonds. The normalized spacial score (nSPS) is 9.71. The Labute approximate surface area is 95.3 Å². The molecule has 0 saturated carbocycles. The van der Waals surface area contributed by atoms with Crippen LogP contribution in [0.15, 0.2) is 0 Å². The minimum atomic E-state index is -2.10. The Bertz CT molecular complexity index is 236. The molecule has 0 unspecified atom stereocenters. The van der Waals surface area contributed by atoms with Crippen molar-refractivity contribution < 1.29 is 22.0 Å². The van der Waals surface area contributed by atoms with E-state index in [1.807, 2.05) is 23.3 Å². The molecule has 1 aromatic carbocycles. The monoisotopic (exact) mass is 266 g/mol. The van der Waals surface area contributed by atoms with Crippen LogP contribution in [0, 0.1) is 29.1 Å². The van der Waals surface area contributed by atoms with Gasteiger partial charge in [-0.15, -0.1) is 0 Å². The number of hydrogen-bond donors (Lipinski definition) is 0. The zero-order chi connectivity index (χ0) is 11.5. The van der Waals surface area contributed by atoms with Crippen LogP contribution in [0.25, 0.3) is 0 Å². The third-order valence-electron chi connectivity index (χ3n) is 1.43. The quantitative estimate of drug-likeness (QED) is 0.278. The van der Waals surface area contributed by atoms with E-state index >= 15 is 0 Å². The second-order valence-electron chi connectivity index (χ2n) is 2.19. The first-order valence-corrected chi connectivity index (χ1v) is 6.04. The average Bonchev–Trinajstić information content (AvgIpc) is 2.24. The van der Waals surface area contributed by atoms with Gasteiger partial charge in [0.25, 0.3) is 0 Å². The number of halogens is 5. The zero-order valence-corrected chi connectivity index (χ0v) is 12.1. The molecule has 1 rings (SSSR count). The predicted octanol–water partition coefficient (Wildman–Crippen LogP) is 0.576. The molecule has 0 aliphatic heterocycles. The van der Waals surface area contributed by atoms with Crippen molar-refractivity contribution in [3.8, 4) is 0 Å². The molecule has 0 atom stereocenters. The molecule has 0 N–H and O–H groups in total. The molecular weight excluding hydrogens is 259 g/mol. The van der Waals surface area contributed by atoms with E-state index in [-0.39, 0.29) is 0 Å². The van der Waals surface area contributed by atoms with Gasteiger partial charge in [-0.1, -0.05) is 0 Å². The minimum absolute atomic E-state index is 0.587. The second kappa shape index (κ2) is 5.79. The van der Waals surface area contributed by atoms with Gasteiger partial charge in [-0.3, -0.25) is 0 Å². The first-order chi connectivity index (χ1) is 6.46. The second-order valence-corrected chi connectivity index (χ2v) is 4.29. The van der Waals surface area contributed by atoms with Crippen molar-refractivity contribution >= 4 is 38.6 Å². The van der Waals surface area contributed by atoms with E-state index in [0.717, 1.165) is 0 Å². The summed E-state index contributed by atoms with van der Waals surface area (Å²) in [6, 6.07) is 0. The Morgan fingerprint density at radius 1 is 0.714 bits per heavy atom. The fourth-order valence-corrected chi connectivity index (χ4v) is 1.64. The van der Waals surface area contributed by atoms with E-state index in [4.69, 9.17) is 0 Å². The van der Waals surface area contributed by atoms with Crippen LogP contribution in [0.4, 0.5) is 22.0 Å². The van der Waals surface area contributed by atoms with Crippen molar-refractivity contribution in [2.45, 2.75) is 5.60 Å². The summed E-state index contributed by atoms with van der Waals surface area (Å²) in [4.78, 5) is 0. The molecule has 1 aromatic rings. The summed E-state index contributed by atoms with van der Waals surface area (Å²) < 4.78 is 61.1. The molecule has 7 heteroatoms. The number of rotatable bonds is 0. The van der Waals surface area contributed by atoms with Gasteiger partial charge in [-0.05, 0) is 0 Å². The van der Waals surface area contributed by atoms with Crippen molar-refractivity contribution in [3.63, 3.8) is 0 Å². The van der Waals surface area contributed by atoms with E-state index in [1.165, 1.54) is 0 Å². The molecule has 0 saturated heterocycles. The van der Waals surface area contributed by atoms with Crippen molar-refractivity contribution in [1.29, 1.82) is 0 Å². The van der Waals surface area contributed by atoms with Gasteiger partial charge >= 0.3 is 95.3 Å². The molecule has 0 aliphatic rings. The third-order valence-corrected chi connectivity index (χ3v) is 3.27. The molecule has 0 bridgehead atoms. The summed E-state index contributed by atoms with van der Waals surface area (Å²) in [7, 11) is 0. The van der Waals surface area contributed by atoms with Gasteiger partial charge in [0.05, 0.1) is 0 Å². The van der Waals surface area contributed by atoms with Gasteiger partial charge < -0.3 is 0 Å². The Kier molecular flexibility index (Phi) is 5.79. The van der Waals surface area contributed by atoms with Crippen LogP contribution in [0.1, 0.15) is 0 Å². The third kappa shape index (κ3) is 2.53.